The first-order valence-electron chi connectivity index (χ1n) is 8.38. The van der Waals surface area contributed by atoms with Crippen LogP contribution in [0.3, 0.4) is 0 Å². The Morgan fingerprint density at radius 2 is 0.857 bits per heavy atom. The van der Waals surface area contributed by atoms with Gasteiger partial charge in [-0.25, -0.2) is 0 Å². The zero-order valence-corrected chi connectivity index (χ0v) is 15.5. The fourth-order valence-electron chi connectivity index (χ4n) is 3.32. The molecule has 0 radical (unpaired) electrons. The second kappa shape index (κ2) is 7.31. The van der Waals surface area contributed by atoms with Crippen LogP contribution in [0.25, 0.3) is 0 Å². The molecule has 3 aromatic rings. The van der Waals surface area contributed by atoms with E-state index in [1.54, 1.807) is 18.2 Å². The van der Waals surface area contributed by atoms with E-state index in [0.29, 0.717) is 0 Å². The average molecular weight is 406 g/mol. The molecule has 0 saturated heterocycles. The lowest BCUT2D eigenvalue weighted by atomic mass is 10.3. The summed E-state index contributed by atoms with van der Waals surface area (Å²) in [4.78, 5) is 13.1. The summed E-state index contributed by atoms with van der Waals surface area (Å²) in [6, 6.07) is 22.7. The van der Waals surface area contributed by atoms with Gasteiger partial charge in [-0.3, -0.25) is 4.79 Å². The van der Waals surface area contributed by atoms with Gasteiger partial charge in [0, 0.05) is 0 Å². The lowest BCUT2D eigenvalue weighted by molar-refractivity contribution is -0.265. The highest BCUT2D eigenvalue weighted by molar-refractivity contribution is 7.30. The van der Waals surface area contributed by atoms with Crippen LogP contribution in [0, 0.1) is 0 Å². The Bertz CT molecular complexity index is 844. The normalized spacial score (nSPS) is 12.6. The van der Waals surface area contributed by atoms with Crippen molar-refractivity contribution in [2.45, 2.75) is 12.1 Å². The fraction of sp³-hybridized carbons (Fsp3) is 0.0952. The molecule has 0 spiro atoms. The molecule has 0 aromatic heterocycles. The van der Waals surface area contributed by atoms with Crippen LogP contribution in [-0.2, 0) is 4.79 Å². The van der Waals surface area contributed by atoms with E-state index in [1.807, 2.05) is 0 Å². The van der Waals surface area contributed by atoms with Gasteiger partial charge in [-0.15, -0.1) is 0 Å². The minimum Gasteiger partial charge on any atom is -0.297 e. The average Bonchev–Trinajstić information content (AvgIpc) is 2.70. The lowest BCUT2D eigenvalue weighted by Gasteiger charge is -2.35. The molecular weight excluding hydrogens is 391 g/mol. The van der Waals surface area contributed by atoms with E-state index in [-0.39, 0.29) is 15.6 Å². The zero-order valence-electron chi connectivity index (χ0n) is 14.5. The second-order valence-electron chi connectivity index (χ2n) is 6.25. The molecule has 28 heavy (non-hydrogen) atoms. The maximum atomic E-state index is 14.4. The third-order valence-corrected chi connectivity index (χ3v) is 9.20. The van der Waals surface area contributed by atoms with Crippen molar-refractivity contribution in [1.29, 1.82) is 0 Å². The summed E-state index contributed by atoms with van der Waals surface area (Å²) in [5.41, 5.74) is 0. The number of hydrogen-bond acceptors (Lipinski definition) is 1. The monoisotopic (exact) mass is 406 g/mol. The van der Waals surface area contributed by atoms with Crippen LogP contribution < -0.4 is 15.6 Å². The highest BCUT2D eigenvalue weighted by Gasteiger charge is 2.69. The molecule has 0 aliphatic heterocycles. The summed E-state index contributed by atoms with van der Waals surface area (Å²) >= 11 is 0. The van der Waals surface area contributed by atoms with Crippen LogP contribution in [0.2, 0.25) is 0 Å². The van der Waals surface area contributed by atoms with Crippen molar-refractivity contribution in [2.24, 2.45) is 0 Å². The topological polar surface area (TPSA) is 17.1 Å². The van der Waals surface area contributed by atoms with Crippen molar-refractivity contribution < 1.29 is 26.7 Å². The van der Waals surface area contributed by atoms with Gasteiger partial charge >= 0.3 is 12.1 Å². The predicted molar refractivity (Wildman–Crippen MR) is 100.0 cm³/mol. The van der Waals surface area contributed by atoms with Gasteiger partial charge < -0.3 is 0 Å². The predicted octanol–water partition coefficient (Wildman–Crippen LogP) is 3.46. The first-order valence-corrected chi connectivity index (χ1v) is 10.4. The molecule has 0 aliphatic carbocycles. The van der Waals surface area contributed by atoms with Gasteiger partial charge in [-0.1, -0.05) is 91.0 Å². The quantitative estimate of drug-likeness (QED) is 0.360. The highest BCUT2D eigenvalue weighted by Crippen LogP contribution is 2.38. The van der Waals surface area contributed by atoms with E-state index in [9.17, 15) is 26.7 Å². The SMILES string of the molecule is O=C(C(F)(F)C(F)(F)F)[Si](c1ccccc1)(c1ccccc1)c1ccccc1. The summed E-state index contributed by atoms with van der Waals surface area (Å²) in [6.45, 7) is 0. The van der Waals surface area contributed by atoms with Crippen molar-refractivity contribution in [1.82, 2.24) is 0 Å². The van der Waals surface area contributed by atoms with Crippen LogP contribution in [0.5, 0.6) is 0 Å². The molecule has 3 rings (SSSR count). The Balaban J connectivity index is 2.44. The molecule has 0 amide bonds. The number of carbonyl (C=O) groups excluding carboxylic acids is 1. The maximum Gasteiger partial charge on any atom is 0.460 e. The molecule has 0 bridgehead atoms. The van der Waals surface area contributed by atoms with Crippen molar-refractivity contribution in [3.8, 4) is 0 Å². The van der Waals surface area contributed by atoms with Crippen molar-refractivity contribution >= 4 is 29.0 Å². The molecule has 0 N–H and O–H groups in total. The number of carbonyl (C=O) groups is 1. The summed E-state index contributed by atoms with van der Waals surface area (Å²) in [6.07, 6.45) is -5.99. The van der Waals surface area contributed by atoms with Crippen molar-refractivity contribution in [3.05, 3.63) is 91.0 Å². The maximum absolute atomic E-state index is 14.4. The molecule has 0 atom stereocenters. The first-order chi connectivity index (χ1) is 13.2. The largest absolute Gasteiger partial charge is 0.460 e. The molecule has 0 unspecified atom stereocenters. The van der Waals surface area contributed by atoms with E-state index in [1.165, 1.54) is 72.8 Å². The van der Waals surface area contributed by atoms with Gasteiger partial charge in [0.2, 0.25) is 13.5 Å². The van der Waals surface area contributed by atoms with E-state index in [4.69, 9.17) is 0 Å². The van der Waals surface area contributed by atoms with E-state index in [2.05, 4.69) is 0 Å². The van der Waals surface area contributed by atoms with Gasteiger partial charge in [0.1, 0.15) is 0 Å². The number of benzene rings is 3. The van der Waals surface area contributed by atoms with Gasteiger partial charge in [-0.05, 0) is 15.6 Å². The summed E-state index contributed by atoms with van der Waals surface area (Å²) in [5.74, 6) is -5.49. The third kappa shape index (κ3) is 3.15. The van der Waals surface area contributed by atoms with Crippen molar-refractivity contribution in [3.63, 3.8) is 0 Å². The lowest BCUT2D eigenvalue weighted by Crippen LogP contribution is -2.77. The molecule has 3 aromatic carbocycles. The summed E-state index contributed by atoms with van der Waals surface area (Å²) < 4.78 is 68.5. The van der Waals surface area contributed by atoms with Crippen molar-refractivity contribution in [2.75, 3.05) is 0 Å². The Kier molecular flexibility index (Phi) is 5.21. The molecule has 0 aliphatic rings. The fourth-order valence-corrected chi connectivity index (χ4v) is 7.80. The molecule has 0 heterocycles. The molecular formula is C21H15F5OSi. The highest BCUT2D eigenvalue weighted by atomic mass is 28.3. The molecule has 1 nitrogen and oxygen atoms in total. The minimum absolute atomic E-state index is 0.168. The van der Waals surface area contributed by atoms with Crippen LogP contribution in [0.15, 0.2) is 91.0 Å². The Labute approximate surface area is 159 Å². The third-order valence-electron chi connectivity index (χ3n) is 4.60. The molecule has 7 heteroatoms. The van der Waals surface area contributed by atoms with Crippen LogP contribution in [0.4, 0.5) is 22.0 Å². The Hall–Kier alpha value is -2.80. The van der Waals surface area contributed by atoms with Crippen LogP contribution in [-0.4, -0.2) is 25.6 Å². The molecule has 0 saturated carbocycles. The smallest absolute Gasteiger partial charge is 0.297 e. The van der Waals surface area contributed by atoms with E-state index >= 15 is 0 Å². The standard InChI is InChI=1S/C21H15F5OSi/c22-20(23,21(24,25)26)19(27)28(16-10-4-1-5-11-16,17-12-6-2-7-13-17)18-14-8-3-9-15-18/h1-15H. The van der Waals surface area contributed by atoms with Crippen LogP contribution >= 0.6 is 0 Å². The van der Waals surface area contributed by atoms with Gasteiger partial charge in [-0.2, -0.15) is 22.0 Å². The van der Waals surface area contributed by atoms with E-state index < -0.39 is 25.6 Å². The Morgan fingerprint density at radius 1 is 0.571 bits per heavy atom. The molecule has 144 valence electrons. The Morgan fingerprint density at radius 3 is 1.11 bits per heavy atom. The zero-order chi connectivity index (χ0) is 20.4. The second-order valence-corrected chi connectivity index (χ2v) is 9.94. The summed E-state index contributed by atoms with van der Waals surface area (Å²) in [7, 11) is -4.38. The van der Waals surface area contributed by atoms with Gasteiger partial charge in [0.25, 0.3) is 0 Å². The minimum atomic E-state index is -5.99. The first kappa shape index (κ1) is 19.9. The molecule has 0 fully saturated rings. The van der Waals surface area contributed by atoms with E-state index in [0.717, 1.165) is 0 Å². The number of halogens is 5. The summed E-state index contributed by atoms with van der Waals surface area (Å²) in [5, 5.41) is -1.60. The van der Waals surface area contributed by atoms with Gasteiger partial charge in [0.05, 0.1) is 0 Å². The number of hydrogen-bond donors (Lipinski definition) is 0. The van der Waals surface area contributed by atoms with Gasteiger partial charge in [0.15, 0.2) is 0 Å². The number of rotatable bonds is 5. The number of alkyl halides is 5. The van der Waals surface area contributed by atoms with Crippen LogP contribution in [0.1, 0.15) is 0 Å².